The van der Waals surface area contributed by atoms with Crippen molar-refractivity contribution in [3.05, 3.63) is 0 Å². The van der Waals surface area contributed by atoms with Crippen LogP contribution < -0.4 is 5.32 Å². The van der Waals surface area contributed by atoms with Gasteiger partial charge in [-0.05, 0) is 0 Å². The van der Waals surface area contributed by atoms with Crippen LogP contribution >= 0.6 is 0 Å². The third-order valence-corrected chi connectivity index (χ3v) is 2.56. The van der Waals surface area contributed by atoms with E-state index in [1.54, 1.807) is 0 Å². The summed E-state index contributed by atoms with van der Waals surface area (Å²) in [4.78, 5) is 15.5. The number of carbonyl (C=O) groups excluding carboxylic acids is 1. The second kappa shape index (κ2) is 3.60. The van der Waals surface area contributed by atoms with Crippen LogP contribution in [0.3, 0.4) is 0 Å². The highest BCUT2D eigenvalue weighted by Gasteiger charge is 2.30. The van der Waals surface area contributed by atoms with Gasteiger partial charge in [-0.2, -0.15) is 0 Å². The maximum Gasteiger partial charge on any atom is 0.233 e. The van der Waals surface area contributed by atoms with Gasteiger partial charge in [0.15, 0.2) is 0 Å². The van der Waals surface area contributed by atoms with Crippen molar-refractivity contribution >= 4 is 15.9 Å². The lowest BCUT2D eigenvalue weighted by atomic mass is 10.3. The van der Waals surface area contributed by atoms with E-state index in [0.29, 0.717) is 0 Å². The SMILES string of the molecule is CC(=O)N[C@H]1CON(S(C)(=O)=O)C1. The van der Waals surface area contributed by atoms with Crippen LogP contribution in [0.15, 0.2) is 0 Å². The van der Waals surface area contributed by atoms with Gasteiger partial charge in [0.1, 0.15) is 0 Å². The molecule has 0 unspecified atom stereocenters. The molecule has 1 N–H and O–H groups in total. The Morgan fingerprint density at radius 2 is 2.23 bits per heavy atom. The number of carbonyl (C=O) groups is 1. The molecule has 1 amide bonds. The number of nitrogens with one attached hydrogen (secondary N) is 1. The van der Waals surface area contributed by atoms with Crippen molar-refractivity contribution in [3.8, 4) is 0 Å². The first-order chi connectivity index (χ1) is 5.89. The van der Waals surface area contributed by atoms with Crippen LogP contribution in [-0.4, -0.2) is 44.2 Å². The zero-order chi connectivity index (χ0) is 10.1. The molecular weight excluding hydrogens is 196 g/mol. The maximum absolute atomic E-state index is 11.0. The van der Waals surface area contributed by atoms with Gasteiger partial charge >= 0.3 is 0 Å². The van der Waals surface area contributed by atoms with Gasteiger partial charge < -0.3 is 5.32 Å². The Morgan fingerprint density at radius 1 is 1.62 bits per heavy atom. The predicted molar refractivity (Wildman–Crippen MR) is 45.1 cm³/mol. The van der Waals surface area contributed by atoms with E-state index in [2.05, 4.69) is 5.32 Å². The highest BCUT2D eigenvalue weighted by atomic mass is 32.2. The monoisotopic (exact) mass is 208 g/mol. The highest BCUT2D eigenvalue weighted by Crippen LogP contribution is 2.09. The molecule has 1 saturated heterocycles. The van der Waals surface area contributed by atoms with Crippen LogP contribution in [0.2, 0.25) is 0 Å². The fourth-order valence-corrected chi connectivity index (χ4v) is 1.77. The van der Waals surface area contributed by atoms with Gasteiger partial charge in [-0.15, -0.1) is 0 Å². The summed E-state index contributed by atoms with van der Waals surface area (Å²) in [6.07, 6.45) is 1.06. The van der Waals surface area contributed by atoms with Gasteiger partial charge in [0.25, 0.3) is 0 Å². The van der Waals surface area contributed by atoms with Gasteiger partial charge in [-0.3, -0.25) is 9.63 Å². The fourth-order valence-electron chi connectivity index (χ4n) is 1.06. The molecule has 0 spiro atoms. The van der Waals surface area contributed by atoms with Gasteiger partial charge in [0, 0.05) is 6.92 Å². The standard InChI is InChI=1S/C6H12N2O4S/c1-5(9)7-6-3-8(12-4-6)13(2,10)11/h6H,3-4H2,1-2H3,(H,7,9)/t6-/m1/s1. The Balaban J connectivity index is 2.50. The Bertz CT molecular complexity index is 300. The van der Waals surface area contributed by atoms with Crippen LogP contribution in [0.4, 0.5) is 0 Å². The van der Waals surface area contributed by atoms with Crippen LogP contribution in [0, 0.1) is 0 Å². The lowest BCUT2D eigenvalue weighted by molar-refractivity contribution is -0.119. The molecule has 1 rings (SSSR count). The molecule has 0 bridgehead atoms. The lowest BCUT2D eigenvalue weighted by Gasteiger charge is -2.10. The molecule has 1 atom stereocenters. The Hall–Kier alpha value is -0.660. The normalized spacial score (nSPS) is 24.6. The molecule has 1 heterocycles. The Kier molecular flexibility index (Phi) is 2.89. The molecule has 1 aliphatic rings. The van der Waals surface area contributed by atoms with Crippen LogP contribution in [0.1, 0.15) is 6.92 Å². The minimum absolute atomic E-state index is 0.179. The first kappa shape index (κ1) is 10.4. The number of hydroxylamine groups is 1. The summed E-state index contributed by atoms with van der Waals surface area (Å²) in [6.45, 7) is 1.76. The van der Waals surface area contributed by atoms with E-state index >= 15 is 0 Å². The summed E-state index contributed by atoms with van der Waals surface area (Å²) in [5.41, 5.74) is 0. The zero-order valence-corrected chi connectivity index (χ0v) is 8.30. The first-order valence-corrected chi connectivity index (χ1v) is 5.62. The number of amides is 1. The van der Waals surface area contributed by atoms with Crippen molar-refractivity contribution in [1.82, 2.24) is 9.79 Å². The lowest BCUT2D eigenvalue weighted by Crippen LogP contribution is -2.38. The molecular formula is C6H12N2O4S. The topological polar surface area (TPSA) is 75.7 Å². The number of hydrogen-bond acceptors (Lipinski definition) is 4. The average Bonchev–Trinajstić information content (AvgIpc) is 2.32. The molecule has 0 aromatic carbocycles. The van der Waals surface area contributed by atoms with Gasteiger partial charge in [-0.25, -0.2) is 8.42 Å². The van der Waals surface area contributed by atoms with Crippen molar-refractivity contribution < 1.29 is 18.0 Å². The quantitative estimate of drug-likeness (QED) is 0.612. The molecule has 0 aliphatic carbocycles. The molecule has 0 radical (unpaired) electrons. The molecule has 0 aromatic rings. The maximum atomic E-state index is 11.0. The second-order valence-corrected chi connectivity index (χ2v) is 4.81. The average molecular weight is 208 g/mol. The minimum atomic E-state index is -3.31. The third kappa shape index (κ3) is 2.94. The summed E-state index contributed by atoms with van der Waals surface area (Å²) < 4.78 is 22.8. The molecule has 13 heavy (non-hydrogen) atoms. The van der Waals surface area contributed by atoms with Gasteiger partial charge in [0.2, 0.25) is 15.9 Å². The van der Waals surface area contributed by atoms with E-state index in [-0.39, 0.29) is 25.1 Å². The summed E-state index contributed by atoms with van der Waals surface area (Å²) in [6, 6.07) is -0.243. The van der Waals surface area contributed by atoms with Crippen molar-refractivity contribution in [2.45, 2.75) is 13.0 Å². The van der Waals surface area contributed by atoms with Crippen LogP contribution in [0.25, 0.3) is 0 Å². The minimum Gasteiger partial charge on any atom is -0.350 e. The van der Waals surface area contributed by atoms with Crippen molar-refractivity contribution in [2.75, 3.05) is 19.4 Å². The van der Waals surface area contributed by atoms with E-state index in [1.165, 1.54) is 6.92 Å². The van der Waals surface area contributed by atoms with Crippen LogP contribution in [0.5, 0.6) is 0 Å². The van der Waals surface area contributed by atoms with E-state index < -0.39 is 10.0 Å². The molecule has 1 aliphatic heterocycles. The number of rotatable bonds is 2. The summed E-state index contributed by atoms with van der Waals surface area (Å²) in [7, 11) is -3.31. The molecule has 1 fully saturated rings. The predicted octanol–water partition coefficient (Wildman–Crippen LogP) is -1.30. The molecule has 0 aromatic heterocycles. The molecule has 0 saturated carbocycles. The van der Waals surface area contributed by atoms with Crippen molar-refractivity contribution in [1.29, 1.82) is 0 Å². The smallest absolute Gasteiger partial charge is 0.233 e. The third-order valence-electron chi connectivity index (χ3n) is 1.57. The second-order valence-electron chi connectivity index (χ2n) is 2.94. The molecule has 6 nitrogen and oxygen atoms in total. The Labute approximate surface area is 76.9 Å². The zero-order valence-electron chi connectivity index (χ0n) is 7.48. The van der Waals surface area contributed by atoms with E-state index in [9.17, 15) is 13.2 Å². The number of hydrogen-bond donors (Lipinski definition) is 1. The number of nitrogens with zero attached hydrogens (tertiary/aromatic N) is 1. The molecule has 76 valence electrons. The van der Waals surface area contributed by atoms with Gasteiger partial charge in [0.05, 0.1) is 25.4 Å². The van der Waals surface area contributed by atoms with Crippen molar-refractivity contribution in [3.63, 3.8) is 0 Å². The van der Waals surface area contributed by atoms with E-state index in [4.69, 9.17) is 4.84 Å². The van der Waals surface area contributed by atoms with E-state index in [0.717, 1.165) is 10.7 Å². The summed E-state index contributed by atoms with van der Waals surface area (Å²) >= 11 is 0. The summed E-state index contributed by atoms with van der Waals surface area (Å²) in [5.74, 6) is -0.191. The largest absolute Gasteiger partial charge is 0.350 e. The fraction of sp³-hybridized carbons (Fsp3) is 0.833. The van der Waals surface area contributed by atoms with E-state index in [1.807, 2.05) is 0 Å². The van der Waals surface area contributed by atoms with Crippen molar-refractivity contribution in [2.24, 2.45) is 0 Å². The Morgan fingerprint density at radius 3 is 2.62 bits per heavy atom. The first-order valence-electron chi connectivity index (χ1n) is 3.77. The van der Waals surface area contributed by atoms with Crippen LogP contribution in [-0.2, 0) is 19.7 Å². The highest BCUT2D eigenvalue weighted by molar-refractivity contribution is 7.88. The summed E-state index contributed by atoms with van der Waals surface area (Å²) in [5, 5.41) is 2.57. The van der Waals surface area contributed by atoms with Gasteiger partial charge in [-0.1, -0.05) is 4.47 Å². The number of sulfonamides is 1. The molecule has 7 heteroatoms.